The lowest BCUT2D eigenvalue weighted by atomic mass is 10.2. The van der Waals surface area contributed by atoms with Gasteiger partial charge in [-0.1, -0.05) is 13.8 Å². The minimum Gasteiger partial charge on any atom is -0.396 e. The molecule has 0 aromatic carbocycles. The lowest BCUT2D eigenvalue weighted by Crippen LogP contribution is -2.07. The normalized spacial score (nSPS) is 11.0. The van der Waals surface area contributed by atoms with E-state index >= 15 is 0 Å². The second-order valence-corrected chi connectivity index (χ2v) is 4.12. The van der Waals surface area contributed by atoms with Gasteiger partial charge >= 0.3 is 0 Å². The highest BCUT2D eigenvalue weighted by atomic mass is 15.3. The van der Waals surface area contributed by atoms with E-state index in [1.807, 2.05) is 23.0 Å². The zero-order valence-corrected chi connectivity index (χ0v) is 10.3. The Hall–Kier alpha value is -1.84. The Balaban J connectivity index is 2.37. The molecule has 2 rings (SSSR count). The number of rotatable bonds is 4. The molecule has 0 aliphatic carbocycles. The van der Waals surface area contributed by atoms with Gasteiger partial charge in [0.05, 0.1) is 11.7 Å². The largest absolute Gasteiger partial charge is 0.396 e. The zero-order chi connectivity index (χ0) is 12.3. The lowest BCUT2D eigenvalue weighted by Gasteiger charge is -2.12. The summed E-state index contributed by atoms with van der Waals surface area (Å²) in [7, 11) is 0. The maximum Gasteiger partial charge on any atom is 0.115 e. The lowest BCUT2D eigenvalue weighted by molar-refractivity contribution is 0.429. The number of aromatic nitrogens is 3. The molecule has 0 aliphatic heterocycles. The summed E-state index contributed by atoms with van der Waals surface area (Å²) in [6.45, 7) is 4.33. The van der Waals surface area contributed by atoms with Crippen molar-refractivity contribution >= 4 is 5.69 Å². The van der Waals surface area contributed by atoms with E-state index in [0.717, 1.165) is 29.8 Å². The van der Waals surface area contributed by atoms with Crippen molar-refractivity contribution in [1.82, 2.24) is 14.8 Å². The molecule has 0 saturated carbocycles. The molecular weight excluding hydrogens is 212 g/mol. The van der Waals surface area contributed by atoms with Crippen LogP contribution in [0.4, 0.5) is 5.69 Å². The molecule has 17 heavy (non-hydrogen) atoms. The quantitative estimate of drug-likeness (QED) is 0.878. The first-order valence-electron chi connectivity index (χ1n) is 6.01. The molecular formula is C13H18N4. The predicted octanol–water partition coefficient (Wildman–Crippen LogP) is 2.89. The van der Waals surface area contributed by atoms with Gasteiger partial charge in [0, 0.05) is 24.2 Å². The second-order valence-electron chi connectivity index (χ2n) is 4.12. The summed E-state index contributed by atoms with van der Waals surface area (Å²) >= 11 is 0. The molecule has 2 heterocycles. The van der Waals surface area contributed by atoms with Crippen molar-refractivity contribution < 1.29 is 0 Å². The highest BCUT2D eigenvalue weighted by Crippen LogP contribution is 2.26. The Kier molecular flexibility index (Phi) is 3.42. The molecule has 4 heteroatoms. The van der Waals surface area contributed by atoms with E-state index in [0.29, 0.717) is 6.04 Å². The van der Waals surface area contributed by atoms with Crippen LogP contribution in [0.25, 0.3) is 11.3 Å². The molecule has 0 amide bonds. The van der Waals surface area contributed by atoms with Crippen LogP contribution in [0.15, 0.2) is 30.7 Å². The molecule has 2 aromatic rings. The minimum atomic E-state index is 0.424. The van der Waals surface area contributed by atoms with Crippen LogP contribution in [0.3, 0.4) is 0 Å². The van der Waals surface area contributed by atoms with E-state index in [2.05, 4.69) is 23.9 Å². The predicted molar refractivity (Wildman–Crippen MR) is 69.5 cm³/mol. The standard InChI is InChI=1S/C13H18N4/c1-3-11(4-2)17-9-12(14)13(16-17)10-5-7-15-8-6-10/h5-9,11H,3-4,14H2,1-2H3. The van der Waals surface area contributed by atoms with Crippen LogP contribution in [0, 0.1) is 0 Å². The minimum absolute atomic E-state index is 0.424. The van der Waals surface area contributed by atoms with E-state index in [9.17, 15) is 0 Å². The monoisotopic (exact) mass is 230 g/mol. The van der Waals surface area contributed by atoms with Crippen molar-refractivity contribution in [2.24, 2.45) is 0 Å². The molecule has 0 atom stereocenters. The van der Waals surface area contributed by atoms with Gasteiger partial charge in [0.1, 0.15) is 5.69 Å². The molecule has 0 spiro atoms. The van der Waals surface area contributed by atoms with Crippen molar-refractivity contribution in [2.45, 2.75) is 32.7 Å². The van der Waals surface area contributed by atoms with E-state index in [4.69, 9.17) is 5.73 Å². The summed E-state index contributed by atoms with van der Waals surface area (Å²) in [4.78, 5) is 4.00. The Bertz CT molecular complexity index is 471. The first-order valence-corrected chi connectivity index (χ1v) is 6.01. The average Bonchev–Trinajstić information content (AvgIpc) is 2.74. The second kappa shape index (κ2) is 4.99. The fourth-order valence-corrected chi connectivity index (χ4v) is 1.99. The maximum absolute atomic E-state index is 6.02. The highest BCUT2D eigenvalue weighted by molar-refractivity contribution is 5.71. The van der Waals surface area contributed by atoms with Crippen LogP contribution in [0.1, 0.15) is 32.7 Å². The summed E-state index contributed by atoms with van der Waals surface area (Å²) < 4.78 is 1.98. The van der Waals surface area contributed by atoms with Gasteiger partial charge in [-0.3, -0.25) is 9.67 Å². The third kappa shape index (κ3) is 2.30. The molecule has 0 unspecified atom stereocenters. The van der Waals surface area contributed by atoms with Gasteiger partial charge < -0.3 is 5.73 Å². The molecule has 90 valence electrons. The first-order chi connectivity index (χ1) is 8.26. The summed E-state index contributed by atoms with van der Waals surface area (Å²) in [5, 5.41) is 4.59. The number of nitrogen functional groups attached to an aromatic ring is 1. The van der Waals surface area contributed by atoms with E-state index < -0.39 is 0 Å². The Morgan fingerprint density at radius 3 is 2.47 bits per heavy atom. The van der Waals surface area contributed by atoms with Crippen molar-refractivity contribution in [3.63, 3.8) is 0 Å². The Labute approximate surface area is 101 Å². The van der Waals surface area contributed by atoms with Crippen LogP contribution in [-0.4, -0.2) is 14.8 Å². The van der Waals surface area contributed by atoms with Crippen LogP contribution in [0.2, 0.25) is 0 Å². The molecule has 0 saturated heterocycles. The number of nitrogens with two attached hydrogens (primary N) is 1. The Morgan fingerprint density at radius 2 is 1.88 bits per heavy atom. The molecule has 4 nitrogen and oxygen atoms in total. The molecule has 0 fully saturated rings. The van der Waals surface area contributed by atoms with Crippen LogP contribution < -0.4 is 5.73 Å². The highest BCUT2D eigenvalue weighted by Gasteiger charge is 2.12. The van der Waals surface area contributed by atoms with Gasteiger partial charge in [0.25, 0.3) is 0 Å². The number of hydrogen-bond donors (Lipinski definition) is 1. The molecule has 0 bridgehead atoms. The fourth-order valence-electron chi connectivity index (χ4n) is 1.99. The van der Waals surface area contributed by atoms with Crippen molar-refractivity contribution in [3.05, 3.63) is 30.7 Å². The molecule has 2 aromatic heterocycles. The third-order valence-electron chi connectivity index (χ3n) is 3.03. The molecule has 0 radical (unpaired) electrons. The van der Waals surface area contributed by atoms with Crippen molar-refractivity contribution in [1.29, 1.82) is 0 Å². The van der Waals surface area contributed by atoms with E-state index in [1.165, 1.54) is 0 Å². The first kappa shape index (κ1) is 11.6. The zero-order valence-electron chi connectivity index (χ0n) is 10.3. The van der Waals surface area contributed by atoms with Crippen LogP contribution in [0.5, 0.6) is 0 Å². The SMILES string of the molecule is CCC(CC)n1cc(N)c(-c2ccncc2)n1. The van der Waals surface area contributed by atoms with E-state index in [-0.39, 0.29) is 0 Å². The maximum atomic E-state index is 6.02. The molecule has 2 N–H and O–H groups in total. The average molecular weight is 230 g/mol. The Morgan fingerprint density at radius 1 is 1.24 bits per heavy atom. The van der Waals surface area contributed by atoms with E-state index in [1.54, 1.807) is 12.4 Å². The summed E-state index contributed by atoms with van der Waals surface area (Å²) in [6, 6.07) is 4.28. The number of nitrogens with zero attached hydrogens (tertiary/aromatic N) is 3. The fraction of sp³-hybridized carbons (Fsp3) is 0.385. The summed E-state index contributed by atoms with van der Waals surface area (Å²) in [5.41, 5.74) is 8.60. The molecule has 0 aliphatic rings. The van der Waals surface area contributed by atoms with Crippen molar-refractivity contribution in [3.8, 4) is 11.3 Å². The number of pyridine rings is 1. The van der Waals surface area contributed by atoms with Crippen molar-refractivity contribution in [2.75, 3.05) is 5.73 Å². The summed E-state index contributed by atoms with van der Waals surface area (Å²) in [5.74, 6) is 0. The van der Waals surface area contributed by atoms with Gasteiger partial charge in [-0.15, -0.1) is 0 Å². The smallest absolute Gasteiger partial charge is 0.115 e. The van der Waals surface area contributed by atoms with Gasteiger partial charge in [-0.2, -0.15) is 5.10 Å². The van der Waals surface area contributed by atoms with Gasteiger partial charge in [-0.05, 0) is 25.0 Å². The third-order valence-corrected chi connectivity index (χ3v) is 3.03. The van der Waals surface area contributed by atoms with Gasteiger partial charge in [0.2, 0.25) is 0 Å². The number of anilines is 1. The topological polar surface area (TPSA) is 56.7 Å². The summed E-state index contributed by atoms with van der Waals surface area (Å²) in [6.07, 6.45) is 7.56. The van der Waals surface area contributed by atoms with Gasteiger partial charge in [0.15, 0.2) is 0 Å². The number of hydrogen-bond acceptors (Lipinski definition) is 3. The van der Waals surface area contributed by atoms with Crippen LogP contribution >= 0.6 is 0 Å². The van der Waals surface area contributed by atoms with Gasteiger partial charge in [-0.25, -0.2) is 0 Å². The van der Waals surface area contributed by atoms with Crippen LogP contribution in [-0.2, 0) is 0 Å².